The summed E-state index contributed by atoms with van der Waals surface area (Å²) in [5, 5.41) is 4.90. The quantitative estimate of drug-likeness (QED) is 0.345. The highest BCUT2D eigenvalue weighted by molar-refractivity contribution is 7.91. The summed E-state index contributed by atoms with van der Waals surface area (Å²) in [4.78, 5) is 14.9. The van der Waals surface area contributed by atoms with Crippen LogP contribution < -0.4 is 10.6 Å². The molecule has 2 aromatic carbocycles. The molecule has 246 valence electrons. The first-order valence-electron chi connectivity index (χ1n) is 14.2. The highest BCUT2D eigenvalue weighted by Crippen LogP contribution is 2.40. The van der Waals surface area contributed by atoms with Crippen molar-refractivity contribution in [1.29, 1.82) is 0 Å². The minimum atomic E-state index is -5.12. The van der Waals surface area contributed by atoms with Gasteiger partial charge in [0.25, 0.3) is 0 Å². The molecule has 1 amide bonds. The second-order valence-electron chi connectivity index (χ2n) is 12.0. The van der Waals surface area contributed by atoms with Crippen LogP contribution in [0.5, 0.6) is 0 Å². The third kappa shape index (κ3) is 7.54. The van der Waals surface area contributed by atoms with Gasteiger partial charge in [-0.2, -0.15) is 26.3 Å². The maximum Gasteiger partial charge on any atom is 0.416 e. The molecule has 0 aliphatic carbocycles. The monoisotopic (exact) mass is 661 g/mol. The Bertz CT molecular complexity index is 1590. The second-order valence-corrected chi connectivity index (χ2v) is 14.1. The number of carbonyl (C=O) groups excluding carboxylic acids is 1. The lowest BCUT2D eigenvalue weighted by Crippen LogP contribution is -2.46. The molecule has 2 aliphatic heterocycles. The number of benzene rings is 2. The van der Waals surface area contributed by atoms with Crippen LogP contribution in [0.1, 0.15) is 54.5 Å². The summed E-state index contributed by atoms with van der Waals surface area (Å²) in [6.45, 7) is 5.29. The van der Waals surface area contributed by atoms with Gasteiger partial charge < -0.3 is 15.5 Å². The standard InChI is InChI=1S/C31H34F7N3O3S/c1-18-10-24(32)8-7-20(18)17-45(43,44)27-14-25(19-6-5-9-39-15-19)40-16-26(27)41(4)28(42)29(2,3)21-11-22(30(33,34)35)13-23(12-21)31(36,37)38/h7-8,10-14,16,19,27,39-40H,5-6,9,15,17H2,1-4H3/t19-,27-/m1/s1. The fourth-order valence-electron chi connectivity index (χ4n) is 5.59. The van der Waals surface area contributed by atoms with Crippen molar-refractivity contribution in [3.8, 4) is 0 Å². The Labute approximate surface area is 257 Å². The molecule has 45 heavy (non-hydrogen) atoms. The molecule has 0 aromatic heterocycles. The number of carbonyl (C=O) groups is 1. The van der Waals surface area contributed by atoms with Crippen LogP contribution in [0.15, 0.2) is 60.1 Å². The minimum Gasteiger partial charge on any atom is -0.363 e. The molecule has 6 nitrogen and oxygen atoms in total. The molecule has 2 aromatic rings. The minimum absolute atomic E-state index is 0.0200. The first kappa shape index (κ1) is 34.5. The summed E-state index contributed by atoms with van der Waals surface area (Å²) < 4.78 is 123. The van der Waals surface area contributed by atoms with Crippen molar-refractivity contribution in [2.45, 2.75) is 62.4 Å². The Morgan fingerprint density at radius 1 is 0.978 bits per heavy atom. The number of alkyl halides is 6. The largest absolute Gasteiger partial charge is 0.416 e. The Hall–Kier alpha value is -3.39. The third-order valence-electron chi connectivity index (χ3n) is 8.33. The molecule has 0 saturated carbocycles. The van der Waals surface area contributed by atoms with Gasteiger partial charge in [-0.15, -0.1) is 0 Å². The van der Waals surface area contributed by atoms with Crippen molar-refractivity contribution in [2.24, 2.45) is 5.92 Å². The normalized spacial score (nSPS) is 19.8. The number of amides is 1. The smallest absolute Gasteiger partial charge is 0.363 e. The van der Waals surface area contributed by atoms with E-state index in [9.17, 15) is 43.9 Å². The van der Waals surface area contributed by atoms with Crippen molar-refractivity contribution in [3.63, 3.8) is 0 Å². The van der Waals surface area contributed by atoms with Gasteiger partial charge in [0.1, 0.15) is 11.1 Å². The number of nitrogens with zero attached hydrogens (tertiary/aromatic N) is 1. The van der Waals surface area contributed by atoms with Crippen molar-refractivity contribution < 1.29 is 43.9 Å². The number of rotatable bonds is 7. The lowest BCUT2D eigenvalue weighted by atomic mass is 9.81. The van der Waals surface area contributed by atoms with Gasteiger partial charge in [0.05, 0.1) is 28.0 Å². The van der Waals surface area contributed by atoms with Crippen LogP contribution in [-0.2, 0) is 38.2 Å². The molecule has 1 saturated heterocycles. The summed E-state index contributed by atoms with van der Waals surface area (Å²) in [6.07, 6.45) is -5.81. The fourth-order valence-corrected chi connectivity index (χ4v) is 7.47. The fraction of sp³-hybridized carbons (Fsp3) is 0.452. The highest BCUT2D eigenvalue weighted by Gasteiger charge is 2.43. The maximum absolute atomic E-state index is 14.0. The number of aryl methyl sites for hydroxylation is 1. The maximum atomic E-state index is 14.0. The molecule has 2 heterocycles. The molecule has 14 heteroatoms. The van der Waals surface area contributed by atoms with Crippen LogP contribution in [0.25, 0.3) is 0 Å². The van der Waals surface area contributed by atoms with E-state index < -0.39 is 67.0 Å². The molecule has 2 aliphatic rings. The average molecular weight is 662 g/mol. The molecular formula is C31H34F7N3O3S. The van der Waals surface area contributed by atoms with Crippen molar-refractivity contribution in [1.82, 2.24) is 15.5 Å². The lowest BCUT2D eigenvalue weighted by Gasteiger charge is -2.37. The van der Waals surface area contributed by atoms with Gasteiger partial charge in [0.15, 0.2) is 9.84 Å². The zero-order valence-electron chi connectivity index (χ0n) is 25.0. The third-order valence-corrected chi connectivity index (χ3v) is 10.2. The van der Waals surface area contributed by atoms with Gasteiger partial charge >= 0.3 is 12.4 Å². The SMILES string of the molecule is Cc1cc(F)ccc1CS(=O)(=O)[C@@H]1C=C([C@@H]2CCCNC2)NC=C1N(C)C(=O)C(C)(C)c1cc(C(F)(F)F)cc(C(F)(F)F)c1. The van der Waals surface area contributed by atoms with Crippen LogP contribution in [-0.4, -0.2) is 44.6 Å². The number of sulfone groups is 1. The van der Waals surface area contributed by atoms with Gasteiger partial charge in [0, 0.05) is 31.4 Å². The Balaban J connectivity index is 1.75. The predicted molar refractivity (Wildman–Crippen MR) is 155 cm³/mol. The molecule has 2 atom stereocenters. The Morgan fingerprint density at radius 2 is 1.58 bits per heavy atom. The summed E-state index contributed by atoms with van der Waals surface area (Å²) in [6, 6.07) is 4.65. The molecule has 1 fully saturated rings. The summed E-state index contributed by atoms with van der Waals surface area (Å²) in [7, 11) is -2.93. The molecule has 0 unspecified atom stereocenters. The van der Waals surface area contributed by atoms with E-state index in [4.69, 9.17) is 0 Å². The lowest BCUT2D eigenvalue weighted by molar-refractivity contribution is -0.143. The van der Waals surface area contributed by atoms with Crippen molar-refractivity contribution in [2.75, 3.05) is 20.1 Å². The zero-order chi connectivity index (χ0) is 33.5. The van der Waals surface area contributed by atoms with Crippen LogP contribution >= 0.6 is 0 Å². The van der Waals surface area contributed by atoms with Crippen molar-refractivity contribution in [3.05, 3.63) is 93.7 Å². The Morgan fingerprint density at radius 3 is 2.11 bits per heavy atom. The number of hydrogen-bond donors (Lipinski definition) is 2. The van der Waals surface area contributed by atoms with Gasteiger partial charge in [-0.25, -0.2) is 12.8 Å². The van der Waals surface area contributed by atoms with Crippen LogP contribution in [0.3, 0.4) is 0 Å². The zero-order valence-corrected chi connectivity index (χ0v) is 25.9. The van der Waals surface area contributed by atoms with E-state index in [2.05, 4.69) is 10.6 Å². The molecular weight excluding hydrogens is 627 g/mol. The molecule has 0 spiro atoms. The van der Waals surface area contributed by atoms with Gasteiger partial charge in [0.2, 0.25) is 5.91 Å². The van der Waals surface area contributed by atoms with E-state index in [0.717, 1.165) is 30.4 Å². The van der Waals surface area contributed by atoms with E-state index in [1.165, 1.54) is 45.3 Å². The number of dihydropyridines is 1. The molecule has 0 bridgehead atoms. The number of piperidine rings is 1. The second kappa shape index (κ2) is 12.4. The van der Waals surface area contributed by atoms with E-state index in [-0.39, 0.29) is 17.7 Å². The topological polar surface area (TPSA) is 78.5 Å². The van der Waals surface area contributed by atoms with Crippen LogP contribution in [0.2, 0.25) is 0 Å². The van der Waals surface area contributed by atoms with Gasteiger partial charge in [-0.3, -0.25) is 4.79 Å². The number of nitrogens with one attached hydrogen (secondary N) is 2. The van der Waals surface area contributed by atoms with E-state index >= 15 is 0 Å². The number of likely N-dealkylation sites (N-methyl/N-ethyl adjacent to an activating group) is 1. The van der Waals surface area contributed by atoms with Crippen LogP contribution in [0, 0.1) is 18.7 Å². The summed E-state index contributed by atoms with van der Waals surface area (Å²) >= 11 is 0. The van der Waals surface area contributed by atoms with Crippen molar-refractivity contribution >= 4 is 15.7 Å². The first-order valence-corrected chi connectivity index (χ1v) is 15.9. The first-order chi connectivity index (χ1) is 20.7. The van der Waals surface area contributed by atoms with Gasteiger partial charge in [-0.05, 0) is 93.3 Å². The van der Waals surface area contributed by atoms with E-state index in [0.29, 0.717) is 35.5 Å². The molecule has 2 N–H and O–H groups in total. The van der Waals surface area contributed by atoms with E-state index in [1.807, 2.05) is 0 Å². The highest BCUT2D eigenvalue weighted by atomic mass is 32.2. The van der Waals surface area contributed by atoms with E-state index in [1.54, 1.807) is 6.92 Å². The van der Waals surface area contributed by atoms with Crippen LogP contribution in [0.4, 0.5) is 30.7 Å². The van der Waals surface area contributed by atoms with Gasteiger partial charge in [-0.1, -0.05) is 6.07 Å². The molecule has 0 radical (unpaired) electrons. The number of halogens is 7. The predicted octanol–water partition coefficient (Wildman–Crippen LogP) is 6.22. The summed E-state index contributed by atoms with van der Waals surface area (Å²) in [5.41, 5.74) is -4.37. The molecule has 4 rings (SSSR count). The number of hydrogen-bond acceptors (Lipinski definition) is 5. The average Bonchev–Trinajstić information content (AvgIpc) is 2.96. The Kier molecular flexibility index (Phi) is 9.52. The summed E-state index contributed by atoms with van der Waals surface area (Å²) in [5.74, 6) is -2.05.